The zero-order chi connectivity index (χ0) is 22.2. The molecule has 31 heavy (non-hydrogen) atoms. The van der Waals surface area contributed by atoms with E-state index in [-0.39, 0.29) is 6.04 Å². The van der Waals surface area contributed by atoms with E-state index in [9.17, 15) is 9.59 Å². The molecule has 0 saturated carbocycles. The predicted octanol–water partition coefficient (Wildman–Crippen LogP) is 3.50. The smallest absolute Gasteiger partial charge is 0.313 e. The Bertz CT molecular complexity index is 863. The van der Waals surface area contributed by atoms with Gasteiger partial charge in [0, 0.05) is 24.8 Å². The molecule has 2 amide bonds. The van der Waals surface area contributed by atoms with Gasteiger partial charge in [-0.25, -0.2) is 0 Å². The number of ether oxygens (including phenoxy) is 1. The Hall–Kier alpha value is -2.86. The van der Waals surface area contributed by atoms with Crippen LogP contribution in [0, 0.1) is 6.92 Å². The summed E-state index contributed by atoms with van der Waals surface area (Å²) >= 11 is 0. The van der Waals surface area contributed by atoms with Crippen LogP contribution in [-0.4, -0.2) is 61.4 Å². The Labute approximate surface area is 185 Å². The van der Waals surface area contributed by atoms with E-state index in [4.69, 9.17) is 4.74 Å². The summed E-state index contributed by atoms with van der Waals surface area (Å²) in [5.74, 6) is -0.296. The summed E-state index contributed by atoms with van der Waals surface area (Å²) in [5.41, 5.74) is 3.00. The lowest BCUT2D eigenvalue weighted by atomic mass is 10.0. The first kappa shape index (κ1) is 22.8. The summed E-state index contributed by atoms with van der Waals surface area (Å²) in [7, 11) is 4.07. The van der Waals surface area contributed by atoms with Gasteiger partial charge >= 0.3 is 11.8 Å². The number of benzene rings is 2. The molecule has 1 fully saturated rings. The summed E-state index contributed by atoms with van der Waals surface area (Å²) in [6.07, 6.45) is 3.57. The van der Waals surface area contributed by atoms with Crippen LogP contribution in [0.1, 0.15) is 30.4 Å². The number of anilines is 1. The van der Waals surface area contributed by atoms with Gasteiger partial charge in [0.15, 0.2) is 0 Å². The molecular formula is C25H33N3O3. The van der Waals surface area contributed by atoms with Gasteiger partial charge in [-0.2, -0.15) is 0 Å². The van der Waals surface area contributed by atoms with Crippen molar-refractivity contribution in [3.8, 4) is 5.75 Å². The van der Waals surface area contributed by atoms with E-state index < -0.39 is 11.8 Å². The van der Waals surface area contributed by atoms with Gasteiger partial charge in [0.1, 0.15) is 5.75 Å². The maximum atomic E-state index is 12.8. The van der Waals surface area contributed by atoms with E-state index in [1.807, 2.05) is 26.2 Å². The molecule has 1 heterocycles. The number of hydrogen-bond acceptors (Lipinski definition) is 4. The lowest BCUT2D eigenvalue weighted by Gasteiger charge is -2.24. The van der Waals surface area contributed by atoms with Crippen molar-refractivity contribution in [3.05, 3.63) is 59.7 Å². The molecule has 6 heteroatoms. The number of nitrogens with one attached hydrogen (secondary N) is 1. The van der Waals surface area contributed by atoms with Gasteiger partial charge < -0.3 is 19.9 Å². The van der Waals surface area contributed by atoms with Crippen molar-refractivity contribution < 1.29 is 14.3 Å². The average Bonchev–Trinajstić information content (AvgIpc) is 3.21. The van der Waals surface area contributed by atoms with Crippen molar-refractivity contribution in [2.24, 2.45) is 0 Å². The van der Waals surface area contributed by atoms with Crippen LogP contribution in [0.2, 0.25) is 0 Å². The van der Waals surface area contributed by atoms with E-state index in [0.717, 1.165) is 38.0 Å². The lowest BCUT2D eigenvalue weighted by Crippen LogP contribution is -2.43. The minimum Gasteiger partial charge on any atom is -0.494 e. The average molecular weight is 424 g/mol. The lowest BCUT2D eigenvalue weighted by molar-refractivity contribution is -0.143. The number of carbonyl (C=O) groups excluding carboxylic acids is 2. The van der Waals surface area contributed by atoms with Crippen molar-refractivity contribution >= 4 is 17.5 Å². The van der Waals surface area contributed by atoms with Gasteiger partial charge in [0.2, 0.25) is 0 Å². The molecule has 3 rings (SSSR count). The summed E-state index contributed by atoms with van der Waals surface area (Å²) in [6, 6.07) is 15.6. The summed E-state index contributed by atoms with van der Waals surface area (Å²) in [4.78, 5) is 29.2. The molecule has 1 aliphatic heterocycles. The van der Waals surface area contributed by atoms with Crippen LogP contribution in [0.3, 0.4) is 0 Å². The van der Waals surface area contributed by atoms with Crippen LogP contribution < -0.4 is 10.1 Å². The fourth-order valence-corrected chi connectivity index (χ4v) is 3.83. The van der Waals surface area contributed by atoms with Gasteiger partial charge in [-0.3, -0.25) is 9.59 Å². The van der Waals surface area contributed by atoms with Crippen molar-refractivity contribution in [2.75, 3.05) is 39.1 Å². The Morgan fingerprint density at radius 3 is 2.48 bits per heavy atom. The van der Waals surface area contributed by atoms with Gasteiger partial charge in [-0.1, -0.05) is 29.8 Å². The van der Waals surface area contributed by atoms with Crippen molar-refractivity contribution in [1.82, 2.24) is 9.80 Å². The molecule has 1 atom stereocenters. The van der Waals surface area contributed by atoms with E-state index in [2.05, 4.69) is 41.4 Å². The molecule has 1 aliphatic rings. The predicted molar refractivity (Wildman–Crippen MR) is 123 cm³/mol. The summed E-state index contributed by atoms with van der Waals surface area (Å²) < 4.78 is 5.71. The molecule has 1 N–H and O–H groups in total. The molecule has 0 spiro atoms. The van der Waals surface area contributed by atoms with Crippen molar-refractivity contribution in [3.63, 3.8) is 0 Å². The monoisotopic (exact) mass is 423 g/mol. The normalized spacial score (nSPS) is 15.9. The molecular weight excluding hydrogens is 390 g/mol. The quantitative estimate of drug-likeness (QED) is 0.522. The van der Waals surface area contributed by atoms with Crippen molar-refractivity contribution in [1.29, 1.82) is 0 Å². The molecule has 0 radical (unpaired) electrons. The Balaban J connectivity index is 1.51. The second kappa shape index (κ2) is 11.0. The first-order valence-corrected chi connectivity index (χ1v) is 11.0. The van der Waals surface area contributed by atoms with Gasteiger partial charge in [-0.05, 0) is 76.5 Å². The maximum Gasteiger partial charge on any atom is 0.313 e. The molecule has 1 unspecified atom stereocenters. The molecule has 2 aromatic carbocycles. The fraction of sp³-hybridized carbons (Fsp3) is 0.440. The van der Waals surface area contributed by atoms with Gasteiger partial charge in [0.05, 0.1) is 6.61 Å². The zero-order valence-corrected chi connectivity index (χ0v) is 18.8. The fourth-order valence-electron chi connectivity index (χ4n) is 3.83. The minimum atomic E-state index is -0.588. The topological polar surface area (TPSA) is 61.9 Å². The third kappa shape index (κ3) is 6.82. The van der Waals surface area contributed by atoms with Crippen LogP contribution in [0.25, 0.3) is 0 Å². The number of carbonyl (C=O) groups is 2. The third-order valence-electron chi connectivity index (χ3n) is 5.55. The molecule has 6 nitrogen and oxygen atoms in total. The molecule has 0 aromatic heterocycles. The SMILES string of the molecule is Cc1ccc(CC2CCCN2C(=O)C(=O)Nc2ccc(OCCCN(C)C)cc2)cc1. The number of amides is 2. The van der Waals surface area contributed by atoms with Crippen molar-refractivity contribution in [2.45, 2.75) is 38.6 Å². The highest BCUT2D eigenvalue weighted by Crippen LogP contribution is 2.22. The number of rotatable bonds is 8. The van der Waals surface area contributed by atoms with Crippen LogP contribution in [-0.2, 0) is 16.0 Å². The second-order valence-corrected chi connectivity index (χ2v) is 8.47. The highest BCUT2D eigenvalue weighted by molar-refractivity contribution is 6.39. The van der Waals surface area contributed by atoms with Crippen LogP contribution in [0.4, 0.5) is 5.69 Å². The Morgan fingerprint density at radius 2 is 1.81 bits per heavy atom. The Kier molecular flexibility index (Phi) is 8.06. The molecule has 0 aliphatic carbocycles. The summed E-state index contributed by atoms with van der Waals surface area (Å²) in [5, 5.41) is 2.73. The first-order valence-electron chi connectivity index (χ1n) is 11.0. The number of likely N-dealkylation sites (tertiary alicyclic amines) is 1. The number of nitrogens with zero attached hydrogens (tertiary/aromatic N) is 2. The molecule has 166 valence electrons. The van der Waals surface area contributed by atoms with Crippen LogP contribution in [0.15, 0.2) is 48.5 Å². The highest BCUT2D eigenvalue weighted by atomic mass is 16.5. The van der Waals surface area contributed by atoms with Gasteiger partial charge in [0.25, 0.3) is 0 Å². The zero-order valence-electron chi connectivity index (χ0n) is 18.8. The Morgan fingerprint density at radius 1 is 1.10 bits per heavy atom. The van der Waals surface area contributed by atoms with E-state index in [1.54, 1.807) is 17.0 Å². The maximum absolute atomic E-state index is 12.8. The van der Waals surface area contributed by atoms with Gasteiger partial charge in [-0.15, -0.1) is 0 Å². The molecule has 0 bridgehead atoms. The van der Waals surface area contributed by atoms with Crippen LogP contribution >= 0.6 is 0 Å². The second-order valence-electron chi connectivity index (χ2n) is 8.47. The standard InChI is InChI=1S/C25H33N3O3/c1-19-7-9-20(10-8-19)18-22-6-4-16-28(22)25(30)24(29)26-21-11-13-23(14-12-21)31-17-5-15-27(2)3/h7-14,22H,4-6,15-18H2,1-3H3,(H,26,29). The van der Waals surface area contributed by atoms with E-state index in [0.29, 0.717) is 18.8 Å². The highest BCUT2D eigenvalue weighted by Gasteiger charge is 2.32. The third-order valence-corrected chi connectivity index (χ3v) is 5.55. The number of hydrogen-bond donors (Lipinski definition) is 1. The minimum absolute atomic E-state index is 0.0684. The number of aryl methyl sites for hydroxylation is 1. The summed E-state index contributed by atoms with van der Waals surface area (Å²) in [6.45, 7) is 4.29. The van der Waals surface area contributed by atoms with E-state index >= 15 is 0 Å². The first-order chi connectivity index (χ1) is 14.9. The largest absolute Gasteiger partial charge is 0.494 e. The molecule has 2 aromatic rings. The van der Waals surface area contributed by atoms with E-state index in [1.165, 1.54) is 11.1 Å². The molecule has 1 saturated heterocycles. The van der Waals surface area contributed by atoms with Crippen LogP contribution in [0.5, 0.6) is 5.75 Å².